The molecule has 0 atom stereocenters. The average molecular weight is 430 g/mol. The highest BCUT2D eigenvalue weighted by molar-refractivity contribution is 7.89. The van der Waals surface area contributed by atoms with Crippen LogP contribution in [-0.4, -0.2) is 61.1 Å². The van der Waals surface area contributed by atoms with Gasteiger partial charge >= 0.3 is 0 Å². The molecule has 0 saturated carbocycles. The molecule has 3 heterocycles. The summed E-state index contributed by atoms with van der Waals surface area (Å²) in [5.41, 5.74) is 2.14. The Morgan fingerprint density at radius 3 is 2.33 bits per heavy atom. The van der Waals surface area contributed by atoms with Crippen molar-refractivity contribution in [2.45, 2.75) is 18.7 Å². The maximum atomic E-state index is 13.0. The maximum absolute atomic E-state index is 13.0. The van der Waals surface area contributed by atoms with E-state index < -0.39 is 10.0 Å². The first-order valence-corrected chi connectivity index (χ1v) is 11.0. The molecule has 0 N–H and O–H groups in total. The lowest BCUT2D eigenvalue weighted by Crippen LogP contribution is -2.49. The van der Waals surface area contributed by atoms with Gasteiger partial charge in [0.05, 0.1) is 12.8 Å². The second-order valence-corrected chi connectivity index (χ2v) is 8.91. The van der Waals surface area contributed by atoms with E-state index in [0.717, 1.165) is 22.8 Å². The number of piperazine rings is 1. The normalized spacial score (nSPS) is 15.4. The van der Waals surface area contributed by atoms with Crippen molar-refractivity contribution in [2.75, 3.05) is 38.2 Å². The molecule has 1 aliphatic rings. The number of anilines is 1. The standard InChI is InChI=1S/C20H23N5O4S/c1-14-20(15(2)29-23-14)30(26,27)25-10-8-24(9-11-25)19-12-18(21-13-22-19)16-4-6-17(28-3)7-5-16/h4-7,12-13H,8-11H2,1-3H3. The number of nitrogens with zero attached hydrogens (tertiary/aromatic N) is 5. The highest BCUT2D eigenvalue weighted by Crippen LogP contribution is 2.27. The second-order valence-electron chi connectivity index (χ2n) is 7.03. The molecule has 0 bridgehead atoms. The van der Waals surface area contributed by atoms with Gasteiger partial charge in [-0.2, -0.15) is 4.31 Å². The molecule has 2 aromatic heterocycles. The van der Waals surface area contributed by atoms with Crippen LogP contribution >= 0.6 is 0 Å². The van der Waals surface area contributed by atoms with E-state index in [0.29, 0.717) is 37.6 Å². The van der Waals surface area contributed by atoms with Gasteiger partial charge in [-0.1, -0.05) is 5.16 Å². The van der Waals surface area contributed by atoms with Crippen molar-refractivity contribution in [3.63, 3.8) is 0 Å². The molecule has 4 rings (SSSR count). The van der Waals surface area contributed by atoms with E-state index in [1.807, 2.05) is 30.3 Å². The molecular weight excluding hydrogens is 406 g/mol. The molecule has 10 heteroatoms. The van der Waals surface area contributed by atoms with E-state index in [4.69, 9.17) is 9.26 Å². The molecule has 0 radical (unpaired) electrons. The molecule has 1 fully saturated rings. The molecule has 0 spiro atoms. The predicted octanol–water partition coefficient (Wildman–Crippen LogP) is 2.27. The van der Waals surface area contributed by atoms with Crippen LogP contribution in [0.25, 0.3) is 11.3 Å². The highest BCUT2D eigenvalue weighted by atomic mass is 32.2. The van der Waals surface area contributed by atoms with Gasteiger partial charge in [0.2, 0.25) is 10.0 Å². The second kappa shape index (κ2) is 8.04. The zero-order valence-corrected chi connectivity index (χ0v) is 17.9. The smallest absolute Gasteiger partial charge is 0.248 e. The van der Waals surface area contributed by atoms with Gasteiger partial charge in [0.15, 0.2) is 5.76 Å². The Balaban J connectivity index is 1.49. The van der Waals surface area contributed by atoms with Crippen molar-refractivity contribution < 1.29 is 17.7 Å². The molecule has 9 nitrogen and oxygen atoms in total. The van der Waals surface area contributed by atoms with E-state index in [-0.39, 0.29) is 4.90 Å². The van der Waals surface area contributed by atoms with Gasteiger partial charge in [0.25, 0.3) is 0 Å². The van der Waals surface area contributed by atoms with E-state index in [9.17, 15) is 8.42 Å². The topological polar surface area (TPSA) is 102 Å². The minimum atomic E-state index is -3.64. The maximum Gasteiger partial charge on any atom is 0.248 e. The van der Waals surface area contributed by atoms with Gasteiger partial charge in [-0.3, -0.25) is 0 Å². The van der Waals surface area contributed by atoms with Gasteiger partial charge in [-0.25, -0.2) is 18.4 Å². The van der Waals surface area contributed by atoms with Crippen LogP contribution in [0.5, 0.6) is 5.75 Å². The Morgan fingerprint density at radius 2 is 1.73 bits per heavy atom. The van der Waals surface area contributed by atoms with Crippen LogP contribution in [0.1, 0.15) is 11.5 Å². The number of rotatable bonds is 5. The largest absolute Gasteiger partial charge is 0.497 e. The fourth-order valence-corrected chi connectivity index (χ4v) is 5.28. The first-order valence-electron chi connectivity index (χ1n) is 9.54. The first kappa shape index (κ1) is 20.3. The predicted molar refractivity (Wildman–Crippen MR) is 111 cm³/mol. The summed E-state index contributed by atoms with van der Waals surface area (Å²) >= 11 is 0. The minimum Gasteiger partial charge on any atom is -0.497 e. The summed E-state index contributed by atoms with van der Waals surface area (Å²) in [4.78, 5) is 11.0. The van der Waals surface area contributed by atoms with Crippen LogP contribution < -0.4 is 9.64 Å². The van der Waals surface area contributed by atoms with E-state index in [1.54, 1.807) is 21.0 Å². The molecule has 0 aliphatic carbocycles. The van der Waals surface area contributed by atoms with Gasteiger partial charge in [-0.15, -0.1) is 0 Å². The highest BCUT2D eigenvalue weighted by Gasteiger charge is 2.33. The van der Waals surface area contributed by atoms with Crippen molar-refractivity contribution in [3.8, 4) is 17.0 Å². The first-order chi connectivity index (χ1) is 14.4. The fraction of sp³-hybridized carbons (Fsp3) is 0.350. The Bertz CT molecular complexity index is 1120. The third-order valence-electron chi connectivity index (χ3n) is 5.17. The Morgan fingerprint density at radius 1 is 1.03 bits per heavy atom. The zero-order chi connectivity index (χ0) is 21.3. The molecule has 0 unspecified atom stereocenters. The average Bonchev–Trinajstić information content (AvgIpc) is 3.12. The number of benzene rings is 1. The molecule has 1 saturated heterocycles. The van der Waals surface area contributed by atoms with Crippen molar-refractivity contribution in [3.05, 3.63) is 48.1 Å². The SMILES string of the molecule is COc1ccc(-c2cc(N3CCN(S(=O)(=O)c4c(C)noc4C)CC3)ncn2)cc1. The Hall–Kier alpha value is -2.98. The van der Waals surface area contributed by atoms with Crippen LogP contribution in [0, 0.1) is 13.8 Å². The van der Waals surface area contributed by atoms with E-state index in [2.05, 4.69) is 20.0 Å². The van der Waals surface area contributed by atoms with Crippen LogP contribution in [0.4, 0.5) is 5.82 Å². The summed E-state index contributed by atoms with van der Waals surface area (Å²) in [6, 6.07) is 9.57. The summed E-state index contributed by atoms with van der Waals surface area (Å²) in [6.07, 6.45) is 1.53. The summed E-state index contributed by atoms with van der Waals surface area (Å²) in [5, 5.41) is 3.77. The zero-order valence-electron chi connectivity index (χ0n) is 17.1. The number of hydrogen-bond acceptors (Lipinski definition) is 8. The van der Waals surface area contributed by atoms with Gasteiger partial charge < -0.3 is 14.2 Å². The molecule has 30 heavy (non-hydrogen) atoms. The van der Waals surface area contributed by atoms with Crippen molar-refractivity contribution in [1.29, 1.82) is 0 Å². The van der Waals surface area contributed by atoms with Crippen LogP contribution in [-0.2, 0) is 10.0 Å². The van der Waals surface area contributed by atoms with Crippen LogP contribution in [0.3, 0.4) is 0 Å². The molecule has 1 aliphatic heterocycles. The third kappa shape index (κ3) is 3.75. The minimum absolute atomic E-state index is 0.166. The van der Waals surface area contributed by atoms with Gasteiger partial charge in [-0.05, 0) is 38.1 Å². The molecule has 1 aromatic carbocycles. The molecule has 158 valence electrons. The van der Waals surface area contributed by atoms with Crippen LogP contribution in [0.15, 0.2) is 46.1 Å². The monoisotopic (exact) mass is 429 g/mol. The quantitative estimate of drug-likeness (QED) is 0.609. The van der Waals surface area contributed by atoms with E-state index in [1.165, 1.54) is 10.6 Å². The summed E-state index contributed by atoms with van der Waals surface area (Å²) in [5.74, 6) is 1.86. The van der Waals surface area contributed by atoms with Gasteiger partial charge in [0.1, 0.15) is 28.5 Å². The van der Waals surface area contributed by atoms with Crippen LogP contribution in [0.2, 0.25) is 0 Å². The number of ether oxygens (including phenoxy) is 1. The lowest BCUT2D eigenvalue weighted by molar-refractivity contribution is 0.378. The lowest BCUT2D eigenvalue weighted by Gasteiger charge is -2.34. The number of aromatic nitrogens is 3. The van der Waals surface area contributed by atoms with Crippen molar-refractivity contribution in [2.24, 2.45) is 0 Å². The lowest BCUT2D eigenvalue weighted by atomic mass is 10.1. The molecular formula is C20H23N5O4S. The van der Waals surface area contributed by atoms with Crippen molar-refractivity contribution in [1.82, 2.24) is 19.4 Å². The van der Waals surface area contributed by atoms with Gasteiger partial charge in [0, 0.05) is 37.8 Å². The Kier molecular flexibility index (Phi) is 5.44. The number of aryl methyl sites for hydroxylation is 2. The number of hydrogen-bond donors (Lipinski definition) is 0. The summed E-state index contributed by atoms with van der Waals surface area (Å²) in [7, 11) is -2.01. The Labute approximate surface area is 175 Å². The summed E-state index contributed by atoms with van der Waals surface area (Å²) in [6.45, 7) is 5.03. The third-order valence-corrected chi connectivity index (χ3v) is 7.31. The van der Waals surface area contributed by atoms with E-state index >= 15 is 0 Å². The molecule has 0 amide bonds. The fourth-order valence-electron chi connectivity index (χ4n) is 3.57. The molecule has 3 aromatic rings. The number of methoxy groups -OCH3 is 1. The number of sulfonamides is 1. The summed E-state index contributed by atoms with van der Waals surface area (Å²) < 4.78 is 37.7. The van der Waals surface area contributed by atoms with Crippen molar-refractivity contribution >= 4 is 15.8 Å².